The zero-order chi connectivity index (χ0) is 20.5. The third-order valence-electron chi connectivity index (χ3n) is 5.18. The molecule has 0 saturated carbocycles. The van der Waals surface area contributed by atoms with Crippen molar-refractivity contribution < 1.29 is 9.32 Å². The van der Waals surface area contributed by atoms with Crippen LogP contribution in [0.15, 0.2) is 23.1 Å². The second-order valence-electron chi connectivity index (χ2n) is 7.57. The van der Waals surface area contributed by atoms with Crippen LogP contribution in [0.2, 0.25) is 0 Å². The first-order chi connectivity index (χ1) is 14.0. The highest BCUT2D eigenvalue weighted by molar-refractivity contribution is 5.99. The molecule has 154 valence electrons. The van der Waals surface area contributed by atoms with Crippen LogP contribution in [0, 0.1) is 0 Å². The number of hydrogen-bond donors (Lipinski definition) is 0. The maximum atomic E-state index is 13.3. The largest absolute Gasteiger partial charge is 0.344 e. The van der Waals surface area contributed by atoms with Gasteiger partial charge in [-0.2, -0.15) is 15.2 Å². The monoisotopic (exact) mass is 398 g/mol. The van der Waals surface area contributed by atoms with Gasteiger partial charge in [-0.15, -0.1) is 0 Å². The Balaban J connectivity index is 1.56. The van der Waals surface area contributed by atoms with Gasteiger partial charge in [0.2, 0.25) is 5.89 Å². The van der Waals surface area contributed by atoms with Crippen molar-refractivity contribution in [1.82, 2.24) is 34.6 Å². The molecule has 1 aliphatic heterocycles. The Morgan fingerprint density at radius 3 is 2.86 bits per heavy atom. The van der Waals surface area contributed by atoms with Crippen LogP contribution in [-0.4, -0.2) is 67.7 Å². The highest BCUT2D eigenvalue weighted by Gasteiger charge is 2.31. The Labute approximate surface area is 169 Å². The van der Waals surface area contributed by atoms with Crippen molar-refractivity contribution in [3.63, 3.8) is 0 Å². The van der Waals surface area contributed by atoms with E-state index in [0.29, 0.717) is 36.2 Å². The molecule has 1 saturated heterocycles. The van der Waals surface area contributed by atoms with Crippen LogP contribution in [0.4, 0.5) is 5.95 Å². The van der Waals surface area contributed by atoms with E-state index in [2.05, 4.69) is 20.3 Å². The molecule has 0 bridgehead atoms. The number of anilines is 1. The first-order valence-corrected chi connectivity index (χ1v) is 9.83. The van der Waals surface area contributed by atoms with Gasteiger partial charge in [-0.1, -0.05) is 0 Å². The van der Waals surface area contributed by atoms with E-state index in [0.717, 1.165) is 24.9 Å². The topological polar surface area (TPSA) is 98.1 Å². The summed E-state index contributed by atoms with van der Waals surface area (Å²) in [5.41, 5.74) is 2.09. The maximum Gasteiger partial charge on any atom is 0.265 e. The van der Waals surface area contributed by atoms with Crippen molar-refractivity contribution in [2.45, 2.75) is 32.2 Å². The summed E-state index contributed by atoms with van der Waals surface area (Å²) in [5.74, 6) is 1.14. The Kier molecular flexibility index (Phi) is 5.08. The molecule has 0 aromatic carbocycles. The molecule has 4 heterocycles. The number of likely N-dealkylation sites (tertiary alicyclic amines) is 1. The lowest BCUT2D eigenvalue weighted by Gasteiger charge is -2.31. The summed E-state index contributed by atoms with van der Waals surface area (Å²) in [4.78, 5) is 21.5. The number of rotatable bonds is 5. The minimum absolute atomic E-state index is 0.0330. The molecule has 1 aliphatic rings. The quantitative estimate of drug-likeness (QED) is 0.646. The molecule has 1 unspecified atom stereocenters. The van der Waals surface area contributed by atoms with Crippen molar-refractivity contribution in [2.24, 2.45) is 7.05 Å². The SMILES string of the molecule is CCn1cc(-c2nn(C)cc2C(=O)N2CCCC(c3nc(N(C)C)no3)C2)cn1. The summed E-state index contributed by atoms with van der Waals surface area (Å²) >= 11 is 0. The molecule has 1 fully saturated rings. The Morgan fingerprint density at radius 1 is 1.34 bits per heavy atom. The van der Waals surface area contributed by atoms with E-state index >= 15 is 0 Å². The number of nitrogens with zero attached hydrogens (tertiary/aromatic N) is 8. The number of piperidine rings is 1. The number of hydrogen-bond acceptors (Lipinski definition) is 7. The van der Waals surface area contributed by atoms with Crippen molar-refractivity contribution >= 4 is 11.9 Å². The van der Waals surface area contributed by atoms with Crippen molar-refractivity contribution in [3.05, 3.63) is 30.0 Å². The molecule has 10 heteroatoms. The van der Waals surface area contributed by atoms with E-state index in [1.54, 1.807) is 22.0 Å². The van der Waals surface area contributed by atoms with Crippen LogP contribution < -0.4 is 4.90 Å². The van der Waals surface area contributed by atoms with Gasteiger partial charge in [0.15, 0.2) is 0 Å². The van der Waals surface area contributed by atoms with Gasteiger partial charge in [0.25, 0.3) is 11.9 Å². The first-order valence-electron chi connectivity index (χ1n) is 9.83. The Morgan fingerprint density at radius 2 is 2.17 bits per heavy atom. The van der Waals surface area contributed by atoms with Crippen molar-refractivity contribution in [3.8, 4) is 11.3 Å². The smallest absolute Gasteiger partial charge is 0.265 e. The van der Waals surface area contributed by atoms with Gasteiger partial charge in [0.05, 0.1) is 17.7 Å². The molecule has 29 heavy (non-hydrogen) atoms. The molecule has 0 aliphatic carbocycles. The van der Waals surface area contributed by atoms with E-state index < -0.39 is 0 Å². The average Bonchev–Trinajstić information content (AvgIpc) is 3.46. The Hall–Kier alpha value is -3.17. The van der Waals surface area contributed by atoms with Gasteiger partial charge in [0.1, 0.15) is 5.69 Å². The molecule has 0 spiro atoms. The lowest BCUT2D eigenvalue weighted by atomic mass is 9.97. The molecular formula is C19H26N8O2. The van der Waals surface area contributed by atoms with E-state index in [4.69, 9.17) is 4.52 Å². The highest BCUT2D eigenvalue weighted by Crippen LogP contribution is 2.29. The summed E-state index contributed by atoms with van der Waals surface area (Å²) < 4.78 is 8.94. The molecule has 1 atom stereocenters. The van der Waals surface area contributed by atoms with E-state index in [1.807, 2.05) is 43.8 Å². The number of aryl methyl sites for hydroxylation is 2. The fraction of sp³-hybridized carbons (Fsp3) is 0.526. The van der Waals surface area contributed by atoms with Crippen LogP contribution in [0.3, 0.4) is 0 Å². The molecule has 0 N–H and O–H groups in total. The third-order valence-corrected chi connectivity index (χ3v) is 5.18. The van der Waals surface area contributed by atoms with Crippen LogP contribution >= 0.6 is 0 Å². The van der Waals surface area contributed by atoms with Gasteiger partial charge in [-0.3, -0.25) is 14.2 Å². The number of aromatic nitrogens is 6. The number of amides is 1. The zero-order valence-corrected chi connectivity index (χ0v) is 17.2. The van der Waals surface area contributed by atoms with Gasteiger partial charge in [0, 0.05) is 58.7 Å². The van der Waals surface area contributed by atoms with Crippen LogP contribution in [0.1, 0.15) is 41.9 Å². The molecular weight excluding hydrogens is 372 g/mol. The number of carbonyl (C=O) groups excluding carboxylic acids is 1. The lowest BCUT2D eigenvalue weighted by molar-refractivity contribution is 0.0696. The predicted octanol–water partition coefficient (Wildman–Crippen LogP) is 1.77. The fourth-order valence-corrected chi connectivity index (χ4v) is 3.62. The molecule has 1 amide bonds. The molecule has 10 nitrogen and oxygen atoms in total. The van der Waals surface area contributed by atoms with Gasteiger partial charge in [-0.05, 0) is 24.9 Å². The van der Waals surface area contributed by atoms with E-state index in [-0.39, 0.29) is 11.8 Å². The molecule has 4 rings (SSSR count). The minimum atomic E-state index is -0.0330. The van der Waals surface area contributed by atoms with E-state index in [1.165, 1.54) is 0 Å². The summed E-state index contributed by atoms with van der Waals surface area (Å²) in [6.45, 7) is 4.04. The van der Waals surface area contributed by atoms with Gasteiger partial charge in [-0.25, -0.2) is 0 Å². The molecule has 3 aromatic heterocycles. The van der Waals surface area contributed by atoms with Crippen molar-refractivity contribution in [2.75, 3.05) is 32.1 Å². The first kappa shape index (κ1) is 19.2. The number of carbonyl (C=O) groups is 1. The highest BCUT2D eigenvalue weighted by atomic mass is 16.5. The van der Waals surface area contributed by atoms with Gasteiger partial charge >= 0.3 is 0 Å². The summed E-state index contributed by atoms with van der Waals surface area (Å²) in [5, 5.41) is 12.8. The summed E-state index contributed by atoms with van der Waals surface area (Å²) in [6.07, 6.45) is 7.25. The third kappa shape index (κ3) is 3.74. The second kappa shape index (κ2) is 7.69. The Bertz CT molecular complexity index is 1000. The molecule has 3 aromatic rings. The van der Waals surface area contributed by atoms with Gasteiger partial charge < -0.3 is 14.3 Å². The normalized spacial score (nSPS) is 17.0. The van der Waals surface area contributed by atoms with Crippen LogP contribution in [-0.2, 0) is 13.6 Å². The average molecular weight is 398 g/mol. The standard InChI is InChI=1S/C19H26N8O2/c1-5-27-11-14(9-20-27)16-15(12-25(4)22-16)18(28)26-8-6-7-13(10-26)17-21-19(23-29-17)24(2)3/h9,11-13H,5-8,10H2,1-4H3. The second-order valence-corrected chi connectivity index (χ2v) is 7.57. The predicted molar refractivity (Wildman–Crippen MR) is 107 cm³/mol. The maximum absolute atomic E-state index is 13.3. The summed E-state index contributed by atoms with van der Waals surface area (Å²) in [6, 6.07) is 0. The zero-order valence-electron chi connectivity index (χ0n) is 17.2. The van der Waals surface area contributed by atoms with Crippen LogP contribution in [0.5, 0.6) is 0 Å². The van der Waals surface area contributed by atoms with E-state index in [9.17, 15) is 4.79 Å². The minimum Gasteiger partial charge on any atom is -0.344 e. The van der Waals surface area contributed by atoms with Crippen LogP contribution in [0.25, 0.3) is 11.3 Å². The molecule has 0 radical (unpaired) electrons. The lowest BCUT2D eigenvalue weighted by Crippen LogP contribution is -2.39. The van der Waals surface area contributed by atoms with Crippen molar-refractivity contribution in [1.29, 1.82) is 0 Å². The summed E-state index contributed by atoms with van der Waals surface area (Å²) in [7, 11) is 5.57. The fourth-order valence-electron chi connectivity index (χ4n) is 3.62.